The first kappa shape index (κ1) is 9.03. The minimum absolute atomic E-state index is 0.587. The Bertz CT molecular complexity index is 466. The third-order valence-corrected chi connectivity index (χ3v) is 2.40. The van der Waals surface area contributed by atoms with Gasteiger partial charge in [-0.05, 0) is 17.7 Å². The lowest BCUT2D eigenvalue weighted by atomic mass is 10.1. The summed E-state index contributed by atoms with van der Waals surface area (Å²) in [4.78, 5) is 0. The van der Waals surface area contributed by atoms with E-state index in [2.05, 4.69) is 48.2 Å². The Hall–Kier alpha value is -1.54. The lowest BCUT2D eigenvalue weighted by molar-refractivity contribution is 0.969. The van der Waals surface area contributed by atoms with E-state index in [4.69, 9.17) is 5.73 Å². The highest BCUT2D eigenvalue weighted by atomic mass is 14.9. The van der Waals surface area contributed by atoms with Gasteiger partial charge < -0.3 is 10.3 Å². The van der Waals surface area contributed by atoms with Gasteiger partial charge >= 0.3 is 0 Å². The highest BCUT2D eigenvalue weighted by molar-refractivity contribution is 5.88. The maximum Gasteiger partial charge on any atom is 0.0483 e. The molecule has 1 heterocycles. The third-order valence-electron chi connectivity index (χ3n) is 2.40. The number of benzene rings is 1. The molecular weight excluding hydrogens is 172 g/mol. The van der Waals surface area contributed by atoms with Crippen molar-refractivity contribution >= 4 is 17.0 Å². The molecule has 2 rings (SSSR count). The normalized spacial score (nSPS) is 11.6. The second-order valence-electron chi connectivity index (χ2n) is 3.34. The molecule has 0 radical (unpaired) electrons. The van der Waals surface area contributed by atoms with Gasteiger partial charge in [-0.1, -0.05) is 24.3 Å². The van der Waals surface area contributed by atoms with E-state index in [0.717, 1.165) is 0 Å². The van der Waals surface area contributed by atoms with Gasteiger partial charge in [0.15, 0.2) is 0 Å². The van der Waals surface area contributed by atoms with Crippen LogP contribution in [0.1, 0.15) is 5.56 Å². The zero-order valence-corrected chi connectivity index (χ0v) is 8.27. The molecule has 0 fully saturated rings. The fraction of sp³-hybridized carbons (Fsp3) is 0.167. The monoisotopic (exact) mass is 186 g/mol. The number of aromatic nitrogens is 1. The predicted molar refractivity (Wildman–Crippen MR) is 61.0 cm³/mol. The minimum atomic E-state index is 0.587. The molecule has 2 heteroatoms. The van der Waals surface area contributed by atoms with E-state index in [1.54, 1.807) is 0 Å². The Morgan fingerprint density at radius 1 is 1.36 bits per heavy atom. The van der Waals surface area contributed by atoms with Crippen LogP contribution >= 0.6 is 0 Å². The van der Waals surface area contributed by atoms with Crippen LogP contribution in [0.5, 0.6) is 0 Å². The summed E-state index contributed by atoms with van der Waals surface area (Å²) in [5.41, 5.74) is 7.92. The quantitative estimate of drug-likeness (QED) is 0.765. The second-order valence-corrected chi connectivity index (χ2v) is 3.34. The van der Waals surface area contributed by atoms with E-state index >= 15 is 0 Å². The molecule has 0 saturated heterocycles. The first-order valence-corrected chi connectivity index (χ1v) is 4.73. The Labute approximate surface area is 83.6 Å². The molecule has 2 aromatic rings. The van der Waals surface area contributed by atoms with Crippen LogP contribution in [0.2, 0.25) is 0 Å². The zero-order valence-electron chi connectivity index (χ0n) is 8.27. The van der Waals surface area contributed by atoms with Gasteiger partial charge in [0.25, 0.3) is 0 Å². The minimum Gasteiger partial charge on any atom is -0.351 e. The Morgan fingerprint density at radius 2 is 2.21 bits per heavy atom. The standard InChI is InChI=1S/C12H14N2/c1-14-9-7-11-10(5-3-8-13)4-2-6-12(11)14/h2-7,9H,8,13H2,1H3/b5-3+. The molecule has 0 saturated carbocycles. The van der Waals surface area contributed by atoms with Gasteiger partial charge in [-0.15, -0.1) is 0 Å². The SMILES string of the molecule is Cn1ccc2c(/C=C/CN)cccc21. The van der Waals surface area contributed by atoms with Gasteiger partial charge in [-0.2, -0.15) is 0 Å². The number of nitrogens with two attached hydrogens (primary N) is 1. The van der Waals surface area contributed by atoms with E-state index < -0.39 is 0 Å². The lowest BCUT2D eigenvalue weighted by Gasteiger charge is -1.98. The summed E-state index contributed by atoms with van der Waals surface area (Å²) in [5, 5.41) is 1.28. The van der Waals surface area contributed by atoms with Gasteiger partial charge in [0.2, 0.25) is 0 Å². The van der Waals surface area contributed by atoms with E-state index in [9.17, 15) is 0 Å². The van der Waals surface area contributed by atoms with Crippen molar-refractivity contribution in [2.24, 2.45) is 12.8 Å². The molecule has 0 spiro atoms. The molecule has 2 N–H and O–H groups in total. The average Bonchev–Trinajstić information content (AvgIpc) is 2.58. The number of hydrogen-bond donors (Lipinski definition) is 1. The Morgan fingerprint density at radius 3 is 3.00 bits per heavy atom. The first-order valence-electron chi connectivity index (χ1n) is 4.73. The van der Waals surface area contributed by atoms with Crippen LogP contribution in [0.15, 0.2) is 36.5 Å². The van der Waals surface area contributed by atoms with Crippen molar-refractivity contribution in [1.29, 1.82) is 0 Å². The van der Waals surface area contributed by atoms with Gasteiger partial charge in [-0.3, -0.25) is 0 Å². The van der Waals surface area contributed by atoms with Crippen LogP contribution in [0.25, 0.3) is 17.0 Å². The summed E-state index contributed by atoms with van der Waals surface area (Å²) in [7, 11) is 2.05. The molecule has 0 atom stereocenters. The van der Waals surface area contributed by atoms with Crippen LogP contribution in [0.3, 0.4) is 0 Å². The van der Waals surface area contributed by atoms with Crippen LogP contribution in [-0.2, 0) is 7.05 Å². The maximum absolute atomic E-state index is 5.43. The first-order chi connectivity index (χ1) is 6.83. The highest BCUT2D eigenvalue weighted by Crippen LogP contribution is 2.20. The molecule has 0 unspecified atom stereocenters. The predicted octanol–water partition coefficient (Wildman–Crippen LogP) is 2.15. The average molecular weight is 186 g/mol. The number of fused-ring (bicyclic) bond motifs is 1. The molecule has 0 aliphatic carbocycles. The fourth-order valence-electron chi connectivity index (χ4n) is 1.67. The molecule has 1 aromatic carbocycles. The zero-order chi connectivity index (χ0) is 9.97. The molecule has 72 valence electrons. The van der Waals surface area contributed by atoms with Gasteiger partial charge in [-0.25, -0.2) is 0 Å². The Balaban J connectivity index is 2.60. The van der Waals surface area contributed by atoms with E-state index in [1.165, 1.54) is 16.5 Å². The summed E-state index contributed by atoms with van der Waals surface area (Å²) in [6.07, 6.45) is 6.12. The van der Waals surface area contributed by atoms with Gasteiger partial charge in [0.05, 0.1) is 0 Å². The van der Waals surface area contributed by atoms with Gasteiger partial charge in [0, 0.05) is 30.7 Å². The fourth-order valence-corrected chi connectivity index (χ4v) is 1.67. The smallest absolute Gasteiger partial charge is 0.0483 e. The van der Waals surface area contributed by atoms with Crippen LogP contribution in [-0.4, -0.2) is 11.1 Å². The summed E-state index contributed by atoms with van der Waals surface area (Å²) >= 11 is 0. The van der Waals surface area contributed by atoms with Crippen molar-refractivity contribution in [3.8, 4) is 0 Å². The van der Waals surface area contributed by atoms with Crippen molar-refractivity contribution in [1.82, 2.24) is 4.57 Å². The van der Waals surface area contributed by atoms with E-state index in [1.807, 2.05) is 6.08 Å². The number of nitrogens with zero attached hydrogens (tertiary/aromatic N) is 1. The third kappa shape index (κ3) is 1.44. The Kier molecular flexibility index (Phi) is 2.37. The van der Waals surface area contributed by atoms with Crippen molar-refractivity contribution in [2.45, 2.75) is 0 Å². The molecule has 2 nitrogen and oxygen atoms in total. The van der Waals surface area contributed by atoms with E-state index in [0.29, 0.717) is 6.54 Å². The second kappa shape index (κ2) is 3.68. The molecule has 0 bridgehead atoms. The lowest BCUT2D eigenvalue weighted by Crippen LogP contribution is -1.92. The van der Waals surface area contributed by atoms with Crippen molar-refractivity contribution < 1.29 is 0 Å². The molecule has 14 heavy (non-hydrogen) atoms. The molecular formula is C12H14N2. The van der Waals surface area contributed by atoms with Crippen molar-refractivity contribution in [3.63, 3.8) is 0 Å². The summed E-state index contributed by atoms with van der Waals surface area (Å²) < 4.78 is 2.12. The maximum atomic E-state index is 5.43. The highest BCUT2D eigenvalue weighted by Gasteiger charge is 1.99. The van der Waals surface area contributed by atoms with Crippen LogP contribution < -0.4 is 5.73 Å². The summed E-state index contributed by atoms with van der Waals surface area (Å²) in [5.74, 6) is 0. The largest absolute Gasteiger partial charge is 0.351 e. The van der Waals surface area contributed by atoms with Gasteiger partial charge in [0.1, 0.15) is 0 Å². The molecule has 0 amide bonds. The molecule has 1 aromatic heterocycles. The number of rotatable bonds is 2. The molecule has 0 aliphatic rings. The van der Waals surface area contributed by atoms with E-state index in [-0.39, 0.29) is 0 Å². The summed E-state index contributed by atoms with van der Waals surface area (Å²) in [6, 6.07) is 8.42. The van der Waals surface area contributed by atoms with Crippen LogP contribution in [0, 0.1) is 0 Å². The molecule has 0 aliphatic heterocycles. The topological polar surface area (TPSA) is 30.9 Å². The number of aryl methyl sites for hydroxylation is 1. The summed E-state index contributed by atoms with van der Waals surface area (Å²) in [6.45, 7) is 0.587. The van der Waals surface area contributed by atoms with Crippen molar-refractivity contribution in [3.05, 3.63) is 42.1 Å². The number of hydrogen-bond acceptors (Lipinski definition) is 1. The van der Waals surface area contributed by atoms with Crippen LogP contribution in [0.4, 0.5) is 0 Å². The van der Waals surface area contributed by atoms with Crippen molar-refractivity contribution in [2.75, 3.05) is 6.54 Å².